The van der Waals surface area contributed by atoms with E-state index in [2.05, 4.69) is 164 Å². The molecule has 3 nitrogen and oxygen atoms in total. The van der Waals surface area contributed by atoms with Gasteiger partial charge in [0.25, 0.3) is 0 Å². The molecule has 7 aromatic carbocycles. The second kappa shape index (κ2) is 11.5. The van der Waals surface area contributed by atoms with E-state index in [1.807, 2.05) is 24.3 Å². The molecule has 9 rings (SSSR count). The van der Waals surface area contributed by atoms with Crippen LogP contribution in [0.15, 0.2) is 174 Å². The summed E-state index contributed by atoms with van der Waals surface area (Å²) in [5, 5.41) is 0. The topological polar surface area (TPSA) is 29.3 Å². The van der Waals surface area contributed by atoms with Crippen LogP contribution in [0.4, 0.5) is 17.1 Å². The lowest BCUT2D eigenvalue weighted by molar-refractivity contribution is 0.619. The summed E-state index contributed by atoms with van der Waals surface area (Å²) in [4.78, 5) is 7.32. The Bertz CT molecular complexity index is 2440. The fraction of sp³-hybridized carbons (Fsp3) is 0.0652. The molecule has 49 heavy (non-hydrogen) atoms. The predicted octanol–water partition coefficient (Wildman–Crippen LogP) is 12.6. The van der Waals surface area contributed by atoms with E-state index >= 15 is 0 Å². The van der Waals surface area contributed by atoms with Gasteiger partial charge in [0, 0.05) is 27.9 Å². The normalized spacial score (nSPS) is 12.9. The molecule has 1 aliphatic rings. The summed E-state index contributed by atoms with van der Waals surface area (Å²) < 4.78 is 6.32. The molecule has 3 heteroatoms. The van der Waals surface area contributed by atoms with Crippen molar-refractivity contribution in [1.82, 2.24) is 4.98 Å². The zero-order chi connectivity index (χ0) is 33.0. The van der Waals surface area contributed by atoms with Crippen LogP contribution in [0.2, 0.25) is 0 Å². The predicted molar refractivity (Wildman–Crippen MR) is 203 cm³/mol. The van der Waals surface area contributed by atoms with Gasteiger partial charge in [-0.1, -0.05) is 135 Å². The van der Waals surface area contributed by atoms with Crippen molar-refractivity contribution in [3.8, 4) is 44.8 Å². The van der Waals surface area contributed by atoms with Crippen LogP contribution in [-0.2, 0) is 5.41 Å². The molecule has 0 bridgehead atoms. The minimum absolute atomic E-state index is 0.237. The molecule has 0 saturated heterocycles. The third-order valence-electron chi connectivity index (χ3n) is 9.91. The Balaban J connectivity index is 1.24. The Hall–Kier alpha value is -6.19. The minimum atomic E-state index is -0.237. The van der Waals surface area contributed by atoms with Gasteiger partial charge < -0.3 is 9.32 Å². The number of benzene rings is 7. The first kappa shape index (κ1) is 29.0. The molecule has 0 spiro atoms. The molecule has 0 aliphatic heterocycles. The summed E-state index contributed by atoms with van der Waals surface area (Å²) in [6.45, 7) is 4.66. The quantitative estimate of drug-likeness (QED) is 0.183. The SMILES string of the molecule is CC1(C)c2cc(N(c3cccc(-c4ccccc4)c3)c3ccccc3-c3ccccc3)ccc2-c2c(-c3nc4ccccc4o3)cccc21. The Kier molecular flexibility index (Phi) is 6.80. The molecule has 8 aromatic rings. The van der Waals surface area contributed by atoms with Crippen LogP contribution in [0.1, 0.15) is 25.0 Å². The number of hydrogen-bond acceptors (Lipinski definition) is 3. The van der Waals surface area contributed by atoms with E-state index in [-0.39, 0.29) is 5.41 Å². The van der Waals surface area contributed by atoms with Crippen molar-refractivity contribution >= 4 is 28.2 Å². The monoisotopic (exact) mass is 630 g/mol. The van der Waals surface area contributed by atoms with E-state index in [4.69, 9.17) is 9.40 Å². The molecule has 0 radical (unpaired) electrons. The van der Waals surface area contributed by atoms with Crippen LogP contribution in [0.3, 0.4) is 0 Å². The second-order valence-corrected chi connectivity index (χ2v) is 13.2. The van der Waals surface area contributed by atoms with Crippen LogP contribution >= 0.6 is 0 Å². The third-order valence-corrected chi connectivity index (χ3v) is 9.91. The van der Waals surface area contributed by atoms with Crippen molar-refractivity contribution in [2.45, 2.75) is 19.3 Å². The summed E-state index contributed by atoms with van der Waals surface area (Å²) in [6, 6.07) is 60.3. The summed E-state index contributed by atoms with van der Waals surface area (Å²) in [6.07, 6.45) is 0. The van der Waals surface area contributed by atoms with E-state index in [1.54, 1.807) is 0 Å². The van der Waals surface area contributed by atoms with Gasteiger partial charge in [-0.3, -0.25) is 0 Å². The molecule has 234 valence electrons. The van der Waals surface area contributed by atoms with Crippen molar-refractivity contribution in [2.24, 2.45) is 0 Å². The molecule has 0 unspecified atom stereocenters. The smallest absolute Gasteiger partial charge is 0.227 e. The van der Waals surface area contributed by atoms with E-state index in [9.17, 15) is 0 Å². The first-order valence-corrected chi connectivity index (χ1v) is 16.8. The number of anilines is 3. The highest BCUT2D eigenvalue weighted by atomic mass is 16.3. The second-order valence-electron chi connectivity index (χ2n) is 13.2. The minimum Gasteiger partial charge on any atom is -0.436 e. The first-order valence-electron chi connectivity index (χ1n) is 16.8. The van der Waals surface area contributed by atoms with Gasteiger partial charge in [-0.2, -0.15) is 0 Å². The molecule has 0 saturated carbocycles. The highest BCUT2D eigenvalue weighted by Crippen LogP contribution is 2.54. The average Bonchev–Trinajstić information content (AvgIpc) is 3.69. The summed E-state index contributed by atoms with van der Waals surface area (Å²) in [5.74, 6) is 0.655. The van der Waals surface area contributed by atoms with Crippen LogP contribution in [0.5, 0.6) is 0 Å². The third kappa shape index (κ3) is 4.86. The lowest BCUT2D eigenvalue weighted by Gasteiger charge is -2.30. The van der Waals surface area contributed by atoms with Crippen molar-refractivity contribution in [3.05, 3.63) is 181 Å². The van der Waals surface area contributed by atoms with Crippen LogP contribution in [0.25, 0.3) is 55.9 Å². The molecule has 0 fully saturated rings. The largest absolute Gasteiger partial charge is 0.436 e. The number of para-hydroxylation sites is 3. The van der Waals surface area contributed by atoms with E-state index in [1.165, 1.54) is 44.5 Å². The maximum Gasteiger partial charge on any atom is 0.227 e. The number of fused-ring (bicyclic) bond motifs is 4. The van der Waals surface area contributed by atoms with Gasteiger partial charge in [0.1, 0.15) is 5.52 Å². The lowest BCUT2D eigenvalue weighted by Crippen LogP contribution is -2.17. The van der Waals surface area contributed by atoms with E-state index < -0.39 is 0 Å². The molecular weight excluding hydrogens is 597 g/mol. The number of rotatable bonds is 6. The van der Waals surface area contributed by atoms with Crippen molar-refractivity contribution < 1.29 is 4.42 Å². The van der Waals surface area contributed by atoms with Crippen LogP contribution in [-0.4, -0.2) is 4.98 Å². The zero-order valence-corrected chi connectivity index (χ0v) is 27.5. The molecular formula is C46H34N2O. The summed E-state index contributed by atoms with van der Waals surface area (Å²) in [7, 11) is 0. The standard InChI is InChI=1S/C46H34N2O/c1-46(2)39-23-14-22-38(45-47-41-24-10-12-26-43(41)49-45)44(39)37-28-27-35(30-40(37)46)48(34-20-13-19-33(29-34)31-15-5-3-6-16-31)42-25-11-9-21-36(42)32-17-7-4-8-18-32/h3-30H,1-2H3. The van der Waals surface area contributed by atoms with Gasteiger partial charge in [-0.25, -0.2) is 4.98 Å². The van der Waals surface area contributed by atoms with Gasteiger partial charge in [-0.15, -0.1) is 0 Å². The van der Waals surface area contributed by atoms with Crippen molar-refractivity contribution in [3.63, 3.8) is 0 Å². The van der Waals surface area contributed by atoms with Crippen LogP contribution < -0.4 is 4.90 Å². The highest BCUT2D eigenvalue weighted by Gasteiger charge is 2.38. The average molecular weight is 631 g/mol. The maximum absolute atomic E-state index is 6.32. The maximum atomic E-state index is 6.32. The molecule has 0 atom stereocenters. The number of nitrogens with zero attached hydrogens (tertiary/aromatic N) is 2. The van der Waals surface area contributed by atoms with Gasteiger partial charge in [0.2, 0.25) is 5.89 Å². The molecule has 1 aromatic heterocycles. The first-order chi connectivity index (χ1) is 24.1. The molecule has 1 aliphatic carbocycles. The summed E-state index contributed by atoms with van der Waals surface area (Å²) >= 11 is 0. The number of hydrogen-bond donors (Lipinski definition) is 0. The Morgan fingerprint density at radius 3 is 1.96 bits per heavy atom. The Morgan fingerprint density at radius 2 is 1.14 bits per heavy atom. The van der Waals surface area contributed by atoms with Gasteiger partial charge >= 0.3 is 0 Å². The lowest BCUT2D eigenvalue weighted by atomic mass is 9.82. The van der Waals surface area contributed by atoms with Gasteiger partial charge in [0.05, 0.1) is 5.69 Å². The van der Waals surface area contributed by atoms with E-state index in [0.29, 0.717) is 5.89 Å². The van der Waals surface area contributed by atoms with Crippen LogP contribution in [0, 0.1) is 0 Å². The zero-order valence-electron chi connectivity index (χ0n) is 27.5. The van der Waals surface area contributed by atoms with E-state index in [0.717, 1.165) is 33.7 Å². The summed E-state index contributed by atoms with van der Waals surface area (Å²) in [5.41, 5.74) is 15.5. The Labute approximate surface area is 286 Å². The number of oxazole rings is 1. The fourth-order valence-corrected chi connectivity index (χ4v) is 7.49. The van der Waals surface area contributed by atoms with Crippen molar-refractivity contribution in [2.75, 3.05) is 4.90 Å². The number of aromatic nitrogens is 1. The fourth-order valence-electron chi connectivity index (χ4n) is 7.49. The van der Waals surface area contributed by atoms with Gasteiger partial charge in [0.15, 0.2) is 5.58 Å². The molecule has 0 amide bonds. The Morgan fingerprint density at radius 1 is 0.490 bits per heavy atom. The molecule has 1 heterocycles. The van der Waals surface area contributed by atoms with Crippen molar-refractivity contribution in [1.29, 1.82) is 0 Å². The highest BCUT2D eigenvalue weighted by molar-refractivity contribution is 5.95. The molecule has 0 N–H and O–H groups in total. The van der Waals surface area contributed by atoms with Gasteiger partial charge in [-0.05, 0) is 87.5 Å².